The Morgan fingerprint density at radius 2 is 1.42 bits per heavy atom. The van der Waals surface area contributed by atoms with Gasteiger partial charge in [-0.05, 0) is 44.5 Å². The number of alkyl halides is 6. The van der Waals surface area contributed by atoms with Crippen molar-refractivity contribution in [1.82, 2.24) is 19.7 Å². The largest absolute Gasteiger partial charge is 0.490 e. The Morgan fingerprint density at radius 3 is 1.82 bits per heavy atom. The van der Waals surface area contributed by atoms with Crippen LogP contribution in [0.15, 0.2) is 24.4 Å². The van der Waals surface area contributed by atoms with Gasteiger partial charge < -0.3 is 20.0 Å². The summed E-state index contributed by atoms with van der Waals surface area (Å²) < 4.78 is 63.5. The maximum atomic E-state index is 12.8. The van der Waals surface area contributed by atoms with E-state index in [9.17, 15) is 35.9 Å². The standard InChI is InChI=1S/C18H26N4O2.2C2HF3O2/c1-20(2)16(23)14-22-12-8-18(17(22)24)6-10-21(11-7-18)13-15-5-3-4-9-19-15;2*3-2(4,5)1(6)7/h3-5,9H,6-8,10-14H2,1-2H3;2*(H,6,7). The molecule has 0 bridgehead atoms. The van der Waals surface area contributed by atoms with E-state index in [0.717, 1.165) is 44.6 Å². The maximum Gasteiger partial charge on any atom is 0.490 e. The summed E-state index contributed by atoms with van der Waals surface area (Å²) >= 11 is 0. The summed E-state index contributed by atoms with van der Waals surface area (Å²) in [6, 6.07) is 5.98. The Bertz CT molecular complexity index is 939. The Morgan fingerprint density at radius 1 is 0.947 bits per heavy atom. The number of amides is 2. The van der Waals surface area contributed by atoms with Crippen LogP contribution in [0.4, 0.5) is 26.3 Å². The van der Waals surface area contributed by atoms with E-state index in [0.29, 0.717) is 6.54 Å². The molecule has 2 fully saturated rings. The molecule has 0 saturated carbocycles. The first-order valence-electron chi connectivity index (χ1n) is 11.1. The number of carbonyl (C=O) groups excluding carboxylic acids is 2. The lowest BCUT2D eigenvalue weighted by molar-refractivity contribution is -0.193. The monoisotopic (exact) mass is 558 g/mol. The summed E-state index contributed by atoms with van der Waals surface area (Å²) in [6.07, 6.45) is -5.71. The van der Waals surface area contributed by atoms with Crippen molar-refractivity contribution >= 4 is 23.8 Å². The van der Waals surface area contributed by atoms with Crippen molar-refractivity contribution in [1.29, 1.82) is 0 Å². The highest BCUT2D eigenvalue weighted by Crippen LogP contribution is 2.41. The number of hydrogen-bond acceptors (Lipinski definition) is 6. The van der Waals surface area contributed by atoms with E-state index in [1.165, 1.54) is 0 Å². The predicted octanol–water partition coefficient (Wildman–Crippen LogP) is 2.25. The van der Waals surface area contributed by atoms with Crippen LogP contribution < -0.4 is 0 Å². The normalized spacial score (nSPS) is 17.2. The number of likely N-dealkylation sites (N-methyl/N-ethyl adjacent to an activating group) is 1. The molecule has 2 amide bonds. The summed E-state index contributed by atoms with van der Waals surface area (Å²) in [5.41, 5.74) is 0.831. The fourth-order valence-corrected chi connectivity index (χ4v) is 3.67. The number of likely N-dealkylation sites (tertiary alicyclic amines) is 2. The Labute approximate surface area is 213 Å². The number of nitrogens with zero attached hydrogens (tertiary/aromatic N) is 4. The predicted molar refractivity (Wildman–Crippen MR) is 118 cm³/mol. The first kappa shape index (κ1) is 32.6. The lowest BCUT2D eigenvalue weighted by Crippen LogP contribution is -2.46. The van der Waals surface area contributed by atoms with Gasteiger partial charge in [-0.2, -0.15) is 26.3 Å². The van der Waals surface area contributed by atoms with Crippen molar-refractivity contribution in [2.24, 2.45) is 5.41 Å². The summed E-state index contributed by atoms with van der Waals surface area (Å²) in [5.74, 6) is -5.34. The first-order valence-corrected chi connectivity index (χ1v) is 11.1. The van der Waals surface area contributed by atoms with E-state index >= 15 is 0 Å². The number of hydrogen-bond donors (Lipinski definition) is 2. The van der Waals surface area contributed by atoms with Crippen molar-refractivity contribution < 1.29 is 55.7 Å². The zero-order valence-electron chi connectivity index (χ0n) is 20.6. The van der Waals surface area contributed by atoms with E-state index < -0.39 is 24.3 Å². The molecule has 16 heteroatoms. The average molecular weight is 558 g/mol. The molecule has 2 saturated heterocycles. The van der Waals surface area contributed by atoms with Gasteiger partial charge in [-0.1, -0.05) is 6.07 Å². The van der Waals surface area contributed by atoms with Gasteiger partial charge in [0.1, 0.15) is 0 Å². The van der Waals surface area contributed by atoms with Gasteiger partial charge in [-0.3, -0.25) is 19.5 Å². The molecule has 0 aliphatic carbocycles. The molecule has 2 aliphatic heterocycles. The lowest BCUT2D eigenvalue weighted by Gasteiger charge is -2.37. The first-order chi connectivity index (χ1) is 17.4. The molecular formula is C22H28F6N4O6. The summed E-state index contributed by atoms with van der Waals surface area (Å²) in [4.78, 5) is 52.6. The second-order valence-corrected chi connectivity index (χ2v) is 8.75. The molecule has 3 rings (SSSR count). The topological polar surface area (TPSA) is 131 Å². The third-order valence-electron chi connectivity index (χ3n) is 5.84. The van der Waals surface area contributed by atoms with Crippen molar-refractivity contribution in [2.75, 3.05) is 40.3 Å². The quantitative estimate of drug-likeness (QED) is 0.539. The molecule has 1 aromatic heterocycles. The number of piperidine rings is 1. The number of pyridine rings is 1. The van der Waals surface area contributed by atoms with Crippen molar-refractivity contribution in [3.63, 3.8) is 0 Å². The molecule has 0 unspecified atom stereocenters. The maximum absolute atomic E-state index is 12.8. The second kappa shape index (κ2) is 13.4. The van der Waals surface area contributed by atoms with Crippen molar-refractivity contribution in [3.8, 4) is 0 Å². The summed E-state index contributed by atoms with van der Waals surface area (Å²) in [7, 11) is 3.46. The van der Waals surface area contributed by atoms with Crippen LogP contribution in [0.25, 0.3) is 0 Å². The number of carboxylic acids is 2. The smallest absolute Gasteiger partial charge is 0.475 e. The fourth-order valence-electron chi connectivity index (χ4n) is 3.67. The van der Waals surface area contributed by atoms with E-state index in [2.05, 4.69) is 9.88 Å². The van der Waals surface area contributed by atoms with Gasteiger partial charge in [0.25, 0.3) is 0 Å². The van der Waals surface area contributed by atoms with Crippen LogP contribution in [0.3, 0.4) is 0 Å². The number of rotatable bonds is 4. The third kappa shape index (κ3) is 10.1. The van der Waals surface area contributed by atoms with E-state index in [1.54, 1.807) is 23.9 Å². The highest BCUT2D eigenvalue weighted by molar-refractivity contribution is 5.89. The fraction of sp³-hybridized carbons (Fsp3) is 0.591. The van der Waals surface area contributed by atoms with Gasteiger partial charge >= 0.3 is 24.3 Å². The van der Waals surface area contributed by atoms with Crippen LogP contribution in [-0.4, -0.2) is 106 Å². The SMILES string of the molecule is CN(C)C(=O)CN1CCC2(CCN(Cc3ccccn3)CC2)C1=O.O=C(O)C(F)(F)F.O=C(O)C(F)(F)F. The summed E-state index contributed by atoms with van der Waals surface area (Å²) in [6.45, 7) is 3.59. The number of aliphatic carboxylic acids is 2. The molecule has 0 radical (unpaired) electrons. The Kier molecular flexibility index (Phi) is 11.5. The molecule has 1 spiro atoms. The van der Waals surface area contributed by atoms with Crippen LogP contribution in [0.1, 0.15) is 25.0 Å². The van der Waals surface area contributed by atoms with Gasteiger partial charge in [0.2, 0.25) is 11.8 Å². The average Bonchev–Trinajstić information content (AvgIpc) is 3.10. The third-order valence-corrected chi connectivity index (χ3v) is 5.84. The lowest BCUT2D eigenvalue weighted by atomic mass is 9.77. The van der Waals surface area contributed by atoms with Crippen molar-refractivity contribution in [2.45, 2.75) is 38.2 Å². The summed E-state index contributed by atoms with van der Waals surface area (Å²) in [5, 5.41) is 14.2. The highest BCUT2D eigenvalue weighted by atomic mass is 19.4. The molecule has 1 aromatic rings. The minimum absolute atomic E-state index is 0.00649. The molecule has 0 aromatic carbocycles. The van der Waals surface area contributed by atoms with Gasteiger partial charge in [-0.25, -0.2) is 9.59 Å². The second-order valence-electron chi connectivity index (χ2n) is 8.75. The number of carboxylic acid groups (broad SMARTS) is 2. The zero-order chi connectivity index (χ0) is 29.3. The highest BCUT2D eigenvalue weighted by Gasteiger charge is 2.48. The van der Waals surface area contributed by atoms with Gasteiger partial charge in [-0.15, -0.1) is 0 Å². The van der Waals surface area contributed by atoms with Crippen LogP contribution in [0, 0.1) is 5.41 Å². The Hall–Kier alpha value is -3.43. The molecule has 214 valence electrons. The van der Waals surface area contributed by atoms with E-state index in [4.69, 9.17) is 19.8 Å². The van der Waals surface area contributed by atoms with Crippen LogP contribution in [0.5, 0.6) is 0 Å². The number of aromatic nitrogens is 1. The minimum atomic E-state index is -5.08. The molecule has 0 atom stereocenters. The zero-order valence-corrected chi connectivity index (χ0v) is 20.6. The molecular weight excluding hydrogens is 530 g/mol. The van der Waals surface area contributed by atoms with E-state index in [1.807, 2.05) is 24.4 Å². The van der Waals surface area contributed by atoms with Crippen LogP contribution >= 0.6 is 0 Å². The van der Waals surface area contributed by atoms with Crippen molar-refractivity contribution in [3.05, 3.63) is 30.1 Å². The van der Waals surface area contributed by atoms with E-state index in [-0.39, 0.29) is 23.8 Å². The minimum Gasteiger partial charge on any atom is -0.475 e. The number of halogens is 6. The Balaban J connectivity index is 0.000000426. The number of carbonyl (C=O) groups is 4. The molecule has 3 heterocycles. The molecule has 2 N–H and O–H groups in total. The van der Waals surface area contributed by atoms with Gasteiger partial charge in [0.15, 0.2) is 0 Å². The van der Waals surface area contributed by atoms with Gasteiger partial charge in [0, 0.05) is 33.4 Å². The molecule has 2 aliphatic rings. The molecule has 10 nitrogen and oxygen atoms in total. The van der Waals surface area contributed by atoms with Gasteiger partial charge in [0.05, 0.1) is 17.7 Å². The van der Waals surface area contributed by atoms with Crippen LogP contribution in [-0.2, 0) is 25.7 Å². The van der Waals surface area contributed by atoms with Crippen LogP contribution in [0.2, 0.25) is 0 Å². The molecule has 38 heavy (non-hydrogen) atoms.